The van der Waals surface area contributed by atoms with E-state index in [-0.39, 0.29) is 5.69 Å². The van der Waals surface area contributed by atoms with Gasteiger partial charge in [-0.05, 0) is 11.6 Å². The van der Waals surface area contributed by atoms with Crippen LogP contribution in [0.15, 0.2) is 28.7 Å². The summed E-state index contributed by atoms with van der Waals surface area (Å²) in [6, 6.07) is 7.90. The molecule has 1 aliphatic rings. The van der Waals surface area contributed by atoms with Gasteiger partial charge in [0.25, 0.3) is 5.91 Å². The molecular formula is C17H17BrClF3N4O. The third kappa shape index (κ3) is 4.30. The Bertz CT molecular complexity index is 847. The van der Waals surface area contributed by atoms with Gasteiger partial charge in [-0.25, -0.2) is 0 Å². The van der Waals surface area contributed by atoms with Gasteiger partial charge < -0.3 is 4.90 Å². The minimum Gasteiger partial charge on any atom is -0.335 e. The monoisotopic (exact) mass is 464 g/mol. The van der Waals surface area contributed by atoms with Crippen molar-refractivity contribution in [3.8, 4) is 0 Å². The molecule has 1 aliphatic heterocycles. The van der Waals surface area contributed by atoms with Crippen molar-refractivity contribution in [3.05, 3.63) is 50.7 Å². The molecule has 5 nitrogen and oxygen atoms in total. The number of rotatable bonds is 3. The van der Waals surface area contributed by atoms with Crippen molar-refractivity contribution in [1.82, 2.24) is 19.6 Å². The first kappa shape index (κ1) is 20.2. The van der Waals surface area contributed by atoms with Gasteiger partial charge in [-0.2, -0.15) is 18.3 Å². The Morgan fingerprint density at radius 3 is 2.41 bits per heavy atom. The van der Waals surface area contributed by atoms with E-state index in [0.717, 1.165) is 21.3 Å². The van der Waals surface area contributed by atoms with Gasteiger partial charge in [0.05, 0.1) is 0 Å². The van der Waals surface area contributed by atoms with Crippen LogP contribution in [0, 0.1) is 0 Å². The van der Waals surface area contributed by atoms with Crippen LogP contribution in [0.25, 0.3) is 0 Å². The van der Waals surface area contributed by atoms with E-state index in [1.807, 2.05) is 24.3 Å². The Labute approximate surface area is 167 Å². The van der Waals surface area contributed by atoms with Gasteiger partial charge in [0.15, 0.2) is 5.69 Å². The van der Waals surface area contributed by atoms with Crippen molar-refractivity contribution in [2.24, 2.45) is 7.05 Å². The Balaban J connectivity index is 1.67. The second kappa shape index (κ2) is 7.81. The summed E-state index contributed by atoms with van der Waals surface area (Å²) in [5.74, 6) is -0.536. The van der Waals surface area contributed by atoms with Gasteiger partial charge in [-0.15, -0.1) is 0 Å². The first-order valence-corrected chi connectivity index (χ1v) is 9.40. The summed E-state index contributed by atoms with van der Waals surface area (Å²) in [5.41, 5.74) is -0.326. The highest BCUT2D eigenvalue weighted by Gasteiger charge is 2.40. The highest BCUT2D eigenvalue weighted by atomic mass is 79.9. The Hall–Kier alpha value is -1.58. The summed E-state index contributed by atoms with van der Waals surface area (Å²) in [4.78, 5) is 16.4. The molecule has 0 spiro atoms. The summed E-state index contributed by atoms with van der Waals surface area (Å²) >= 11 is 9.33. The number of aromatic nitrogens is 2. The number of alkyl halides is 3. The zero-order valence-corrected chi connectivity index (χ0v) is 16.8. The summed E-state index contributed by atoms with van der Waals surface area (Å²) in [5, 5.41) is 2.73. The lowest BCUT2D eigenvalue weighted by Crippen LogP contribution is -2.48. The van der Waals surface area contributed by atoms with Crippen LogP contribution in [0.4, 0.5) is 13.2 Å². The van der Waals surface area contributed by atoms with E-state index in [2.05, 4.69) is 25.9 Å². The van der Waals surface area contributed by atoms with Crippen LogP contribution in [-0.4, -0.2) is 51.7 Å². The molecule has 146 valence electrons. The molecule has 10 heteroatoms. The molecule has 1 saturated heterocycles. The van der Waals surface area contributed by atoms with Crippen molar-refractivity contribution in [3.63, 3.8) is 0 Å². The molecule has 1 fully saturated rings. The summed E-state index contributed by atoms with van der Waals surface area (Å²) in [6.45, 7) is 2.79. The molecule has 0 unspecified atom stereocenters. The van der Waals surface area contributed by atoms with E-state index in [1.54, 1.807) is 0 Å². The predicted octanol–water partition coefficient (Wildman–Crippen LogP) is 3.81. The van der Waals surface area contributed by atoms with Gasteiger partial charge in [0.1, 0.15) is 10.7 Å². The normalized spacial score (nSPS) is 16.0. The van der Waals surface area contributed by atoms with Crippen molar-refractivity contribution in [2.45, 2.75) is 12.7 Å². The van der Waals surface area contributed by atoms with Gasteiger partial charge in [0.2, 0.25) is 0 Å². The predicted molar refractivity (Wildman–Crippen MR) is 98.5 cm³/mol. The van der Waals surface area contributed by atoms with Gasteiger partial charge in [-0.1, -0.05) is 45.7 Å². The van der Waals surface area contributed by atoms with E-state index in [1.165, 1.54) is 11.9 Å². The van der Waals surface area contributed by atoms with Crippen molar-refractivity contribution < 1.29 is 18.0 Å². The summed E-state index contributed by atoms with van der Waals surface area (Å²) in [7, 11) is 1.29. The third-order valence-electron chi connectivity index (χ3n) is 4.47. The maximum Gasteiger partial charge on any atom is 0.436 e. The van der Waals surface area contributed by atoms with Crippen molar-refractivity contribution in [1.29, 1.82) is 0 Å². The molecule has 0 aliphatic carbocycles. The van der Waals surface area contributed by atoms with E-state index in [0.29, 0.717) is 26.2 Å². The van der Waals surface area contributed by atoms with Gasteiger partial charge in [-0.3, -0.25) is 14.4 Å². The Kier molecular flexibility index (Phi) is 5.83. The molecule has 2 heterocycles. The number of carbonyl (C=O) groups excluding carboxylic acids is 1. The average molecular weight is 466 g/mol. The van der Waals surface area contributed by atoms with Crippen LogP contribution in [0.1, 0.15) is 21.7 Å². The fourth-order valence-corrected chi connectivity index (χ4v) is 3.80. The van der Waals surface area contributed by atoms with Crippen molar-refractivity contribution in [2.75, 3.05) is 26.2 Å². The molecular weight excluding hydrogens is 449 g/mol. The molecule has 1 amide bonds. The molecule has 1 aromatic heterocycles. The summed E-state index contributed by atoms with van der Waals surface area (Å²) in [6.07, 6.45) is -4.70. The topological polar surface area (TPSA) is 41.4 Å². The molecule has 0 saturated carbocycles. The van der Waals surface area contributed by atoms with Crippen LogP contribution in [0.3, 0.4) is 0 Å². The van der Waals surface area contributed by atoms with E-state index in [9.17, 15) is 18.0 Å². The molecule has 2 aromatic rings. The first-order chi connectivity index (χ1) is 12.7. The fraction of sp³-hybridized carbons (Fsp3) is 0.412. The largest absolute Gasteiger partial charge is 0.436 e. The molecule has 1 aromatic carbocycles. The second-order valence-corrected chi connectivity index (χ2v) is 7.52. The third-order valence-corrected chi connectivity index (χ3v) is 5.60. The number of hydrogen-bond acceptors (Lipinski definition) is 3. The fourth-order valence-electron chi connectivity index (χ4n) is 3.04. The van der Waals surface area contributed by atoms with Crippen molar-refractivity contribution >= 4 is 33.4 Å². The molecule has 0 N–H and O–H groups in total. The van der Waals surface area contributed by atoms with E-state index in [4.69, 9.17) is 11.6 Å². The first-order valence-electron chi connectivity index (χ1n) is 8.23. The number of piperazine rings is 1. The highest BCUT2D eigenvalue weighted by Crippen LogP contribution is 2.35. The number of carbonyl (C=O) groups is 1. The minimum absolute atomic E-state index is 0.233. The summed E-state index contributed by atoms with van der Waals surface area (Å²) < 4.78 is 40.8. The van der Waals surface area contributed by atoms with Crippen LogP contribution >= 0.6 is 27.5 Å². The number of hydrogen-bond donors (Lipinski definition) is 0. The van der Waals surface area contributed by atoms with Crippen LogP contribution < -0.4 is 0 Å². The minimum atomic E-state index is -4.70. The second-order valence-electron chi connectivity index (χ2n) is 6.29. The number of halogens is 5. The van der Waals surface area contributed by atoms with Gasteiger partial charge in [0, 0.05) is 44.2 Å². The zero-order chi connectivity index (χ0) is 19.8. The lowest BCUT2D eigenvalue weighted by molar-refractivity contribution is -0.141. The maximum atomic E-state index is 12.9. The number of nitrogens with zero attached hydrogens (tertiary/aromatic N) is 4. The zero-order valence-electron chi connectivity index (χ0n) is 14.4. The average Bonchev–Trinajstić information content (AvgIpc) is 2.92. The molecule has 27 heavy (non-hydrogen) atoms. The van der Waals surface area contributed by atoms with Crippen LogP contribution in [-0.2, 0) is 19.8 Å². The van der Waals surface area contributed by atoms with Gasteiger partial charge >= 0.3 is 6.18 Å². The smallest absolute Gasteiger partial charge is 0.335 e. The van der Waals surface area contributed by atoms with Crippen LogP contribution in [0.2, 0.25) is 5.02 Å². The quantitative estimate of drug-likeness (QED) is 0.692. The van der Waals surface area contributed by atoms with E-state index >= 15 is 0 Å². The molecule has 0 bridgehead atoms. The van der Waals surface area contributed by atoms with E-state index < -0.39 is 22.8 Å². The molecule has 0 radical (unpaired) electrons. The number of aryl methyl sites for hydroxylation is 1. The highest BCUT2D eigenvalue weighted by molar-refractivity contribution is 9.10. The lowest BCUT2D eigenvalue weighted by atomic mass is 10.2. The van der Waals surface area contributed by atoms with Crippen LogP contribution in [0.5, 0.6) is 0 Å². The molecule has 3 rings (SSSR count). The Morgan fingerprint density at radius 1 is 1.22 bits per heavy atom. The standard InChI is InChI=1S/C17H17BrClF3N4O/c1-24-14(13(19)15(23-24)17(20,21)22)16(27)26-8-6-25(7-9-26)10-11-4-2-3-5-12(11)18/h2-5H,6-10H2,1H3. The number of amides is 1. The molecule has 0 atom stereocenters. The lowest BCUT2D eigenvalue weighted by Gasteiger charge is -2.34. The maximum absolute atomic E-state index is 12.9. The number of benzene rings is 1. The SMILES string of the molecule is Cn1nc(C(F)(F)F)c(Cl)c1C(=O)N1CCN(Cc2ccccc2Br)CC1. The Morgan fingerprint density at radius 2 is 1.85 bits per heavy atom.